The first-order chi connectivity index (χ1) is 22.3. The van der Waals surface area contributed by atoms with E-state index in [1.807, 2.05) is 24.3 Å². The van der Waals surface area contributed by atoms with Crippen molar-refractivity contribution in [2.24, 2.45) is 0 Å². The summed E-state index contributed by atoms with van der Waals surface area (Å²) >= 11 is 12.0. The monoisotopic (exact) mass is 707 g/mol. The van der Waals surface area contributed by atoms with Gasteiger partial charge in [0.1, 0.15) is 23.6 Å². The average Bonchev–Trinajstić information content (AvgIpc) is 3.02. The molecule has 4 rings (SSSR count). The van der Waals surface area contributed by atoms with Gasteiger partial charge in [0, 0.05) is 30.8 Å². The van der Waals surface area contributed by atoms with Crippen LogP contribution < -0.4 is 19.1 Å². The molecule has 1 atom stereocenters. The van der Waals surface area contributed by atoms with Gasteiger partial charge < -0.3 is 23.8 Å². The normalized spacial score (nSPS) is 15.4. The Morgan fingerprint density at radius 3 is 2.40 bits per heavy atom. The van der Waals surface area contributed by atoms with Crippen molar-refractivity contribution in [2.45, 2.75) is 50.3 Å². The lowest BCUT2D eigenvalue weighted by atomic mass is 10.1. The van der Waals surface area contributed by atoms with Crippen LogP contribution in [0.25, 0.3) is 0 Å². The largest absolute Gasteiger partial charge is 0.496 e. The van der Waals surface area contributed by atoms with Crippen LogP contribution >= 0.6 is 23.2 Å². The van der Waals surface area contributed by atoms with Crippen LogP contribution in [0.1, 0.15) is 32.8 Å². The van der Waals surface area contributed by atoms with Crippen molar-refractivity contribution < 1.29 is 37.0 Å². The molecule has 2 amide bonds. The lowest BCUT2D eigenvalue weighted by molar-refractivity contribution is -0.122. The Labute approximate surface area is 285 Å². The molecule has 3 aromatic rings. The lowest BCUT2D eigenvalue weighted by Gasteiger charge is -2.41. The lowest BCUT2D eigenvalue weighted by Crippen LogP contribution is -2.61. The number of anilines is 1. The average molecular weight is 709 g/mol. The third-order valence-electron chi connectivity index (χ3n) is 7.02. The first-order valence-electron chi connectivity index (χ1n) is 14.9. The zero-order valence-corrected chi connectivity index (χ0v) is 29.0. The predicted octanol–water partition coefficient (Wildman–Crippen LogP) is 5.92. The molecule has 0 saturated carbocycles. The second-order valence-electron chi connectivity index (χ2n) is 11.8. The second kappa shape index (κ2) is 16.0. The van der Waals surface area contributed by atoms with E-state index >= 15 is 0 Å². The van der Waals surface area contributed by atoms with Crippen LogP contribution in [0.15, 0.2) is 71.6 Å². The summed E-state index contributed by atoms with van der Waals surface area (Å²) < 4.78 is 51.2. The van der Waals surface area contributed by atoms with E-state index < -0.39 is 33.7 Å². The van der Waals surface area contributed by atoms with Crippen LogP contribution in [0.2, 0.25) is 10.0 Å². The summed E-state index contributed by atoms with van der Waals surface area (Å²) in [5.74, 6) is 0.969. The Balaban J connectivity index is 1.40. The molecule has 0 spiro atoms. The molecule has 0 bridgehead atoms. The molecular formula is C33H39Cl2N3O8S. The fourth-order valence-electron chi connectivity index (χ4n) is 4.81. The highest BCUT2D eigenvalue weighted by Gasteiger charge is 2.38. The van der Waals surface area contributed by atoms with Gasteiger partial charge in [0.05, 0.1) is 47.9 Å². The van der Waals surface area contributed by atoms with Crippen molar-refractivity contribution in [1.29, 1.82) is 0 Å². The maximum absolute atomic E-state index is 13.5. The van der Waals surface area contributed by atoms with Gasteiger partial charge in [-0.3, -0.25) is 9.69 Å². The molecule has 11 nitrogen and oxygen atoms in total. The number of carbonyl (C=O) groups excluding carboxylic acids is 2. The Morgan fingerprint density at radius 2 is 1.72 bits per heavy atom. The molecule has 47 heavy (non-hydrogen) atoms. The van der Waals surface area contributed by atoms with Crippen LogP contribution in [0.3, 0.4) is 0 Å². The summed E-state index contributed by atoms with van der Waals surface area (Å²) in [6, 6.07) is 17.8. The number of nitrogens with zero attached hydrogens (tertiary/aromatic N) is 2. The molecule has 1 N–H and O–H groups in total. The number of carbonyl (C=O) groups is 2. The molecule has 3 aromatic carbocycles. The number of hydrogen-bond donors (Lipinski definition) is 1. The number of piperazine rings is 1. The number of para-hydroxylation sites is 1. The Bertz CT molecular complexity index is 1650. The SMILES string of the molecule is COc1ccccc1COCCCOc1ccc(N2C(=O)CN(C(=O)OC(C)(C)C)C[C@@H]2CNS(=O)(=O)c2ccc(Cl)c(Cl)c2)cc1. The van der Waals surface area contributed by atoms with Crippen molar-refractivity contribution >= 4 is 50.9 Å². The van der Waals surface area contributed by atoms with Crippen molar-refractivity contribution in [2.75, 3.05) is 44.9 Å². The van der Waals surface area contributed by atoms with Crippen molar-refractivity contribution in [3.63, 3.8) is 0 Å². The Morgan fingerprint density at radius 1 is 1.00 bits per heavy atom. The highest BCUT2D eigenvalue weighted by atomic mass is 35.5. The number of rotatable bonds is 13. The molecule has 1 fully saturated rings. The number of amides is 2. The minimum atomic E-state index is -4.03. The smallest absolute Gasteiger partial charge is 0.410 e. The molecule has 0 radical (unpaired) electrons. The van der Waals surface area contributed by atoms with E-state index in [-0.39, 0.29) is 34.6 Å². The van der Waals surface area contributed by atoms with E-state index in [2.05, 4.69) is 4.72 Å². The topological polar surface area (TPSA) is 124 Å². The minimum absolute atomic E-state index is 0.0255. The number of ether oxygens (including phenoxy) is 4. The summed E-state index contributed by atoms with van der Waals surface area (Å²) in [6.07, 6.45) is -0.0123. The van der Waals surface area contributed by atoms with Gasteiger partial charge in [0.2, 0.25) is 15.9 Å². The van der Waals surface area contributed by atoms with Crippen molar-refractivity contribution in [1.82, 2.24) is 9.62 Å². The van der Waals surface area contributed by atoms with Gasteiger partial charge in [-0.25, -0.2) is 17.9 Å². The summed E-state index contributed by atoms with van der Waals surface area (Å²) in [4.78, 5) is 29.0. The van der Waals surface area contributed by atoms with E-state index in [1.165, 1.54) is 28.0 Å². The fourth-order valence-corrected chi connectivity index (χ4v) is 6.27. The van der Waals surface area contributed by atoms with Crippen molar-refractivity contribution in [3.8, 4) is 11.5 Å². The van der Waals surface area contributed by atoms with Gasteiger partial charge in [-0.2, -0.15) is 0 Å². The van der Waals surface area contributed by atoms with E-state index in [4.69, 9.17) is 42.1 Å². The van der Waals surface area contributed by atoms with Crippen LogP contribution in [0.5, 0.6) is 11.5 Å². The van der Waals surface area contributed by atoms with Crippen LogP contribution in [-0.4, -0.2) is 76.9 Å². The third-order valence-corrected chi connectivity index (χ3v) is 9.18. The molecule has 0 unspecified atom stereocenters. The molecule has 1 heterocycles. The molecule has 0 aliphatic carbocycles. The van der Waals surface area contributed by atoms with Gasteiger partial charge in [-0.15, -0.1) is 0 Å². The fraction of sp³-hybridized carbons (Fsp3) is 0.394. The minimum Gasteiger partial charge on any atom is -0.496 e. The highest BCUT2D eigenvalue weighted by molar-refractivity contribution is 7.89. The number of nitrogens with one attached hydrogen (secondary N) is 1. The molecule has 14 heteroatoms. The maximum Gasteiger partial charge on any atom is 0.410 e. The van der Waals surface area contributed by atoms with Gasteiger partial charge in [-0.05, 0) is 69.3 Å². The predicted molar refractivity (Wildman–Crippen MR) is 180 cm³/mol. The van der Waals surface area contributed by atoms with Crippen LogP contribution in [0, 0.1) is 0 Å². The van der Waals surface area contributed by atoms with Gasteiger partial charge >= 0.3 is 6.09 Å². The van der Waals surface area contributed by atoms with Crippen LogP contribution in [0.4, 0.5) is 10.5 Å². The van der Waals surface area contributed by atoms with Crippen LogP contribution in [-0.2, 0) is 30.9 Å². The number of hydrogen-bond acceptors (Lipinski definition) is 8. The molecule has 0 aromatic heterocycles. The quantitative estimate of drug-likeness (QED) is 0.217. The number of sulfonamides is 1. The molecule has 254 valence electrons. The van der Waals surface area contributed by atoms with Gasteiger partial charge in [-0.1, -0.05) is 41.4 Å². The summed E-state index contributed by atoms with van der Waals surface area (Å²) in [5.41, 5.74) is 0.707. The molecule has 1 aliphatic heterocycles. The number of halogens is 2. The standard InChI is InChI=1S/C33H39Cl2N3O8S/c1-33(2,3)46-32(40)37-20-25(19-36-47(41,42)27-14-15-28(34)29(35)18-27)38(31(39)21-37)24-10-12-26(13-11-24)45-17-7-16-44-22-23-8-5-6-9-30(23)43-4/h5-6,8-15,18,25,36H,7,16-17,19-22H2,1-4H3/t25-/m0/s1. The number of benzene rings is 3. The maximum atomic E-state index is 13.5. The van der Waals surface area contributed by atoms with Crippen molar-refractivity contribution in [3.05, 3.63) is 82.3 Å². The Hall–Kier alpha value is -3.55. The first-order valence-corrected chi connectivity index (χ1v) is 17.2. The summed E-state index contributed by atoms with van der Waals surface area (Å²) in [5, 5.41) is 0.301. The van der Waals surface area contributed by atoms with E-state index in [1.54, 1.807) is 52.1 Å². The van der Waals surface area contributed by atoms with E-state index in [0.717, 1.165) is 11.3 Å². The highest BCUT2D eigenvalue weighted by Crippen LogP contribution is 2.27. The molecule has 1 saturated heterocycles. The zero-order chi connectivity index (χ0) is 34.2. The van der Waals surface area contributed by atoms with Gasteiger partial charge in [0.15, 0.2) is 0 Å². The Kier molecular flexibility index (Phi) is 12.4. The summed E-state index contributed by atoms with van der Waals surface area (Å²) in [7, 11) is -2.41. The number of methoxy groups -OCH3 is 1. The zero-order valence-electron chi connectivity index (χ0n) is 26.7. The second-order valence-corrected chi connectivity index (χ2v) is 14.3. The third kappa shape index (κ3) is 10.2. The molecule has 1 aliphatic rings. The first kappa shape index (κ1) is 36.3. The molecular weight excluding hydrogens is 669 g/mol. The van der Waals surface area contributed by atoms with E-state index in [9.17, 15) is 18.0 Å². The summed E-state index contributed by atoms with van der Waals surface area (Å²) in [6.45, 7) is 6.11. The van der Waals surface area contributed by atoms with E-state index in [0.29, 0.717) is 37.7 Å². The van der Waals surface area contributed by atoms with Gasteiger partial charge in [0.25, 0.3) is 0 Å².